The van der Waals surface area contributed by atoms with Crippen LogP contribution in [0.25, 0.3) is 6.20 Å². The summed E-state index contributed by atoms with van der Waals surface area (Å²) >= 11 is 0. The van der Waals surface area contributed by atoms with Gasteiger partial charge in [0.15, 0.2) is 24.4 Å². The molecule has 3 heteroatoms. The van der Waals surface area contributed by atoms with Crippen molar-refractivity contribution in [2.24, 2.45) is 0 Å². The van der Waals surface area contributed by atoms with Crippen molar-refractivity contribution in [1.29, 1.82) is 0 Å². The molecule has 0 spiro atoms. The minimum absolute atomic E-state index is 0.0428. The maximum absolute atomic E-state index is 10.8. The van der Waals surface area contributed by atoms with Crippen LogP contribution in [-0.2, 0) is 4.79 Å². The summed E-state index contributed by atoms with van der Waals surface area (Å²) in [5.41, 5.74) is 0. The average molecular weight is 163 g/mol. The van der Waals surface area contributed by atoms with Gasteiger partial charge in [0, 0.05) is 12.1 Å². The molecule has 12 heavy (non-hydrogen) atoms. The Labute approximate surface area is 70.6 Å². The third-order valence-corrected chi connectivity index (χ3v) is 1.28. The van der Waals surface area contributed by atoms with E-state index in [2.05, 4.69) is 0 Å². The van der Waals surface area contributed by atoms with Crippen molar-refractivity contribution in [2.45, 2.75) is 6.92 Å². The molecular formula is C9H9NO2. The Morgan fingerprint density at radius 3 is 3.00 bits per heavy atom. The fourth-order valence-electron chi connectivity index (χ4n) is 0.754. The number of carbonyl (C=O) groups excluding carboxylic acids is 1. The summed E-state index contributed by atoms with van der Waals surface area (Å²) in [6, 6.07) is 3.09. The summed E-state index contributed by atoms with van der Waals surface area (Å²) in [6.07, 6.45) is 6.05. The second kappa shape index (κ2) is 3.67. The zero-order valence-corrected chi connectivity index (χ0v) is 6.73. The van der Waals surface area contributed by atoms with Crippen LogP contribution in [0.1, 0.15) is 6.92 Å². The second-order valence-electron chi connectivity index (χ2n) is 2.41. The molecule has 3 nitrogen and oxygen atoms in total. The highest BCUT2D eigenvalue weighted by Gasteiger charge is 1.91. The fourth-order valence-corrected chi connectivity index (χ4v) is 0.754. The molecule has 0 aliphatic heterocycles. The molecule has 0 fully saturated rings. The summed E-state index contributed by atoms with van der Waals surface area (Å²) in [5.74, 6) is -0.121. The van der Waals surface area contributed by atoms with Crippen molar-refractivity contribution in [3.8, 4) is 5.75 Å². The summed E-state index contributed by atoms with van der Waals surface area (Å²) in [5, 5.41) is 10.8. The maximum Gasteiger partial charge on any atom is 0.177 e. The lowest BCUT2D eigenvalue weighted by atomic mass is 10.4. The highest BCUT2D eigenvalue weighted by atomic mass is 16.3. The molecule has 0 radical (unpaired) electrons. The fraction of sp³-hybridized carbons (Fsp3) is 0.111. The quantitative estimate of drug-likeness (QED) is 0.458. The Kier molecular flexibility index (Phi) is 2.58. The van der Waals surface area contributed by atoms with Gasteiger partial charge in [0.05, 0.1) is 0 Å². The Morgan fingerprint density at radius 1 is 1.67 bits per heavy atom. The lowest BCUT2D eigenvalue weighted by Gasteiger charge is -1.98. The molecule has 0 amide bonds. The van der Waals surface area contributed by atoms with Crippen LogP contribution in [0.4, 0.5) is 0 Å². The van der Waals surface area contributed by atoms with Crippen molar-refractivity contribution in [3.05, 3.63) is 30.6 Å². The Balaban J connectivity index is 2.83. The normalized spacial score (nSPS) is 10.4. The largest absolute Gasteiger partial charge is 0.868 e. The molecule has 1 aromatic rings. The van der Waals surface area contributed by atoms with Gasteiger partial charge >= 0.3 is 0 Å². The smallest absolute Gasteiger partial charge is 0.177 e. The van der Waals surface area contributed by atoms with Gasteiger partial charge in [0.1, 0.15) is 0 Å². The number of allylic oxidation sites excluding steroid dienone is 1. The van der Waals surface area contributed by atoms with Gasteiger partial charge in [-0.3, -0.25) is 4.79 Å². The van der Waals surface area contributed by atoms with Crippen LogP contribution in [0.3, 0.4) is 0 Å². The molecule has 62 valence electrons. The van der Waals surface area contributed by atoms with Crippen LogP contribution in [0, 0.1) is 0 Å². The number of aromatic nitrogens is 1. The zero-order valence-electron chi connectivity index (χ0n) is 6.73. The first-order chi connectivity index (χ1) is 5.68. The van der Waals surface area contributed by atoms with Gasteiger partial charge in [-0.05, 0) is 12.7 Å². The van der Waals surface area contributed by atoms with Crippen molar-refractivity contribution in [1.82, 2.24) is 0 Å². The van der Waals surface area contributed by atoms with Crippen molar-refractivity contribution < 1.29 is 14.5 Å². The molecule has 1 rings (SSSR count). The summed E-state index contributed by atoms with van der Waals surface area (Å²) in [4.78, 5) is 10.5. The van der Waals surface area contributed by atoms with E-state index in [-0.39, 0.29) is 11.5 Å². The molecule has 0 saturated carbocycles. The minimum atomic E-state index is -0.0781. The number of nitrogens with zero attached hydrogens (tertiary/aromatic N) is 1. The van der Waals surface area contributed by atoms with Crippen LogP contribution in [0.5, 0.6) is 5.75 Å². The molecule has 1 aromatic heterocycles. The summed E-state index contributed by atoms with van der Waals surface area (Å²) < 4.78 is 1.55. The van der Waals surface area contributed by atoms with Gasteiger partial charge in [-0.2, -0.15) is 4.57 Å². The van der Waals surface area contributed by atoms with E-state index in [9.17, 15) is 9.90 Å². The maximum atomic E-state index is 10.8. The summed E-state index contributed by atoms with van der Waals surface area (Å²) in [7, 11) is 0. The van der Waals surface area contributed by atoms with E-state index in [4.69, 9.17) is 0 Å². The van der Waals surface area contributed by atoms with Crippen molar-refractivity contribution in [3.63, 3.8) is 0 Å². The first kappa shape index (κ1) is 8.46. The highest BCUT2D eigenvalue weighted by molar-refractivity contribution is 5.89. The predicted octanol–water partition coefficient (Wildman–Crippen LogP) is 0.107. The minimum Gasteiger partial charge on any atom is -0.868 e. The topological polar surface area (TPSA) is 44.0 Å². The molecule has 0 unspecified atom stereocenters. The third kappa shape index (κ3) is 2.54. The van der Waals surface area contributed by atoms with Gasteiger partial charge < -0.3 is 5.11 Å². The molecule has 0 aliphatic carbocycles. The average Bonchev–Trinajstić information content (AvgIpc) is 2.01. The van der Waals surface area contributed by atoms with E-state index in [1.807, 2.05) is 0 Å². The molecule has 1 heterocycles. The van der Waals surface area contributed by atoms with Crippen LogP contribution >= 0.6 is 0 Å². The standard InChI is InChI=1S/C9H9NO2/c1-8(11)4-6-10-5-2-3-9(12)7-10/h2-7H,1H3. The first-order valence-corrected chi connectivity index (χ1v) is 3.55. The van der Waals surface area contributed by atoms with Gasteiger partial charge in [-0.15, -0.1) is 0 Å². The third-order valence-electron chi connectivity index (χ3n) is 1.28. The van der Waals surface area contributed by atoms with E-state index >= 15 is 0 Å². The van der Waals surface area contributed by atoms with Crippen LogP contribution in [0.2, 0.25) is 0 Å². The van der Waals surface area contributed by atoms with E-state index in [1.54, 1.807) is 23.0 Å². The Bertz CT molecular complexity index is 318. The Hall–Kier alpha value is -1.64. The molecule has 0 atom stereocenters. The molecular weight excluding hydrogens is 154 g/mol. The van der Waals surface area contributed by atoms with Gasteiger partial charge in [-0.1, -0.05) is 6.07 Å². The zero-order chi connectivity index (χ0) is 8.97. The van der Waals surface area contributed by atoms with Crippen LogP contribution in [0.15, 0.2) is 30.6 Å². The molecule has 0 N–H and O–H groups in total. The predicted molar refractivity (Wildman–Crippen MR) is 42.1 cm³/mol. The lowest BCUT2D eigenvalue weighted by molar-refractivity contribution is -0.572. The van der Waals surface area contributed by atoms with Crippen molar-refractivity contribution in [2.75, 3.05) is 0 Å². The second-order valence-corrected chi connectivity index (χ2v) is 2.41. The molecule has 0 bridgehead atoms. The van der Waals surface area contributed by atoms with Gasteiger partial charge in [0.25, 0.3) is 0 Å². The van der Waals surface area contributed by atoms with Crippen LogP contribution in [-0.4, -0.2) is 5.78 Å². The van der Waals surface area contributed by atoms with Crippen molar-refractivity contribution >= 4 is 12.0 Å². The molecule has 0 aliphatic rings. The first-order valence-electron chi connectivity index (χ1n) is 3.55. The van der Waals surface area contributed by atoms with E-state index in [1.165, 1.54) is 25.3 Å². The Morgan fingerprint density at radius 2 is 2.42 bits per heavy atom. The lowest BCUT2D eigenvalue weighted by Crippen LogP contribution is -2.25. The number of carbonyl (C=O) groups is 1. The van der Waals surface area contributed by atoms with Crippen LogP contribution < -0.4 is 9.67 Å². The highest BCUT2D eigenvalue weighted by Crippen LogP contribution is 1.94. The molecule has 0 aromatic carbocycles. The monoisotopic (exact) mass is 163 g/mol. The van der Waals surface area contributed by atoms with Gasteiger partial charge in [0.2, 0.25) is 0 Å². The number of hydrogen-bond donors (Lipinski definition) is 0. The number of rotatable bonds is 2. The number of pyridine rings is 1. The van der Waals surface area contributed by atoms with E-state index < -0.39 is 0 Å². The molecule has 0 saturated heterocycles. The number of hydrogen-bond acceptors (Lipinski definition) is 2. The SMILES string of the molecule is CC(=O)C=C[n+]1cccc([O-])c1. The van der Waals surface area contributed by atoms with Gasteiger partial charge in [-0.25, -0.2) is 0 Å². The number of ketones is 1. The van der Waals surface area contributed by atoms with E-state index in [0.717, 1.165) is 0 Å². The summed E-state index contributed by atoms with van der Waals surface area (Å²) in [6.45, 7) is 1.46. The van der Waals surface area contributed by atoms with E-state index in [0.29, 0.717) is 0 Å².